The third-order valence-electron chi connectivity index (χ3n) is 7.06. The summed E-state index contributed by atoms with van der Waals surface area (Å²) >= 11 is 0. The Hall–Kier alpha value is -2.85. The molecule has 1 aliphatic carbocycles. The molecule has 0 spiro atoms. The first-order valence-corrected chi connectivity index (χ1v) is 12.1. The summed E-state index contributed by atoms with van der Waals surface area (Å²) in [6.07, 6.45) is 5.18. The quantitative estimate of drug-likeness (QED) is 0.715. The summed E-state index contributed by atoms with van der Waals surface area (Å²) in [6, 6.07) is 3.59. The molecule has 2 saturated heterocycles. The highest BCUT2D eigenvalue weighted by molar-refractivity contribution is 5.91. The van der Waals surface area contributed by atoms with Gasteiger partial charge in [0.1, 0.15) is 5.82 Å². The first-order chi connectivity index (χ1) is 16.6. The van der Waals surface area contributed by atoms with Crippen LogP contribution in [0, 0.1) is 0 Å². The molecule has 10 nitrogen and oxygen atoms in total. The molecular formula is C24H33N5O5. The molecule has 2 aliphatic heterocycles. The number of benzene rings is 1. The number of hydrogen-bond donors (Lipinski definition) is 1. The van der Waals surface area contributed by atoms with Crippen LogP contribution in [0.3, 0.4) is 0 Å². The van der Waals surface area contributed by atoms with Gasteiger partial charge in [-0.3, -0.25) is 4.79 Å². The van der Waals surface area contributed by atoms with Gasteiger partial charge in [0.05, 0.1) is 38.6 Å². The number of fused-ring (bicyclic) bond motifs is 2. The predicted molar refractivity (Wildman–Crippen MR) is 127 cm³/mol. The third-order valence-corrected chi connectivity index (χ3v) is 7.06. The Balaban J connectivity index is 1.24. The highest BCUT2D eigenvalue weighted by atomic mass is 16.6. The van der Waals surface area contributed by atoms with Crippen LogP contribution >= 0.6 is 0 Å². The van der Waals surface area contributed by atoms with Gasteiger partial charge < -0.3 is 34.5 Å². The first kappa shape index (κ1) is 22.9. The lowest BCUT2D eigenvalue weighted by molar-refractivity contribution is -0.194. The number of methoxy groups -OCH3 is 2. The highest BCUT2D eigenvalue weighted by Gasteiger charge is 2.38. The number of nitrogens with two attached hydrogens (primary N) is 1. The Morgan fingerprint density at radius 1 is 1.00 bits per heavy atom. The topological polar surface area (TPSA) is 112 Å². The summed E-state index contributed by atoms with van der Waals surface area (Å²) in [6.45, 7) is 2.71. The number of ether oxygens (including phenoxy) is 4. The van der Waals surface area contributed by atoms with Gasteiger partial charge in [0.15, 0.2) is 17.6 Å². The Bertz CT molecular complexity index is 1040. The normalized spacial score (nSPS) is 25.5. The Morgan fingerprint density at radius 3 is 2.44 bits per heavy atom. The van der Waals surface area contributed by atoms with Crippen molar-refractivity contribution >= 4 is 28.6 Å². The second-order valence-corrected chi connectivity index (χ2v) is 9.12. The molecule has 1 aromatic heterocycles. The maximum atomic E-state index is 13.1. The van der Waals surface area contributed by atoms with E-state index in [2.05, 4.69) is 9.88 Å². The molecular weight excluding hydrogens is 438 g/mol. The Kier molecular flexibility index (Phi) is 6.60. The summed E-state index contributed by atoms with van der Waals surface area (Å²) in [7, 11) is 3.16. The molecule has 3 fully saturated rings. The number of carbonyl (C=O) groups excluding carboxylic acids is 1. The summed E-state index contributed by atoms with van der Waals surface area (Å²) in [5.74, 6) is 2.10. The van der Waals surface area contributed by atoms with Crippen molar-refractivity contribution < 1.29 is 23.7 Å². The van der Waals surface area contributed by atoms with E-state index < -0.39 is 6.10 Å². The smallest absolute Gasteiger partial charge is 0.254 e. The van der Waals surface area contributed by atoms with Crippen LogP contribution in [0.2, 0.25) is 0 Å². The van der Waals surface area contributed by atoms with E-state index in [1.165, 1.54) is 12.8 Å². The molecule has 3 unspecified atom stereocenters. The highest BCUT2D eigenvalue weighted by Crippen LogP contribution is 2.34. The van der Waals surface area contributed by atoms with Gasteiger partial charge in [-0.1, -0.05) is 19.3 Å². The van der Waals surface area contributed by atoms with Gasteiger partial charge in [-0.25, -0.2) is 4.98 Å². The van der Waals surface area contributed by atoms with E-state index in [-0.39, 0.29) is 18.1 Å². The molecule has 5 rings (SSSR count). The van der Waals surface area contributed by atoms with Crippen molar-refractivity contribution in [3.05, 3.63) is 12.1 Å². The van der Waals surface area contributed by atoms with Gasteiger partial charge in [-0.05, 0) is 18.9 Å². The summed E-state index contributed by atoms with van der Waals surface area (Å²) in [5.41, 5.74) is 6.93. The number of hydrogen-bond acceptors (Lipinski definition) is 9. The maximum Gasteiger partial charge on any atom is 0.254 e. The minimum Gasteiger partial charge on any atom is -0.493 e. The lowest BCUT2D eigenvalue weighted by Gasteiger charge is -2.40. The zero-order valence-electron chi connectivity index (χ0n) is 19.9. The molecule has 2 N–H and O–H groups in total. The zero-order chi connectivity index (χ0) is 23.7. The van der Waals surface area contributed by atoms with E-state index in [0.29, 0.717) is 67.0 Å². The number of nitrogen functional groups attached to an aromatic ring is 1. The number of piperazine rings is 1. The van der Waals surface area contributed by atoms with Gasteiger partial charge in [-0.2, -0.15) is 4.98 Å². The van der Waals surface area contributed by atoms with Crippen LogP contribution in [0.25, 0.3) is 10.9 Å². The van der Waals surface area contributed by atoms with E-state index in [9.17, 15) is 4.79 Å². The fourth-order valence-corrected chi connectivity index (χ4v) is 5.12. The van der Waals surface area contributed by atoms with E-state index in [1.807, 2.05) is 4.90 Å². The SMILES string of the molecule is COc1cc2nc(N3CCN(C(=O)C4COC5CCCCCC5O4)CC3)nc(N)c2cc1OC. The van der Waals surface area contributed by atoms with Crippen molar-refractivity contribution in [3.63, 3.8) is 0 Å². The molecule has 10 heteroatoms. The third kappa shape index (κ3) is 4.44. The van der Waals surface area contributed by atoms with Crippen LogP contribution < -0.4 is 20.1 Å². The van der Waals surface area contributed by atoms with E-state index >= 15 is 0 Å². The molecule has 3 atom stereocenters. The van der Waals surface area contributed by atoms with E-state index in [0.717, 1.165) is 19.3 Å². The van der Waals surface area contributed by atoms with Crippen molar-refractivity contribution in [2.75, 3.05) is 57.6 Å². The monoisotopic (exact) mass is 471 g/mol. The van der Waals surface area contributed by atoms with E-state index in [4.69, 9.17) is 29.7 Å². The number of nitrogens with zero attached hydrogens (tertiary/aromatic N) is 4. The second-order valence-electron chi connectivity index (χ2n) is 9.12. The molecule has 1 saturated carbocycles. The molecule has 1 amide bonds. The number of amides is 1. The molecule has 1 aromatic carbocycles. The lowest BCUT2D eigenvalue weighted by Crippen LogP contribution is -2.56. The molecule has 184 valence electrons. The lowest BCUT2D eigenvalue weighted by atomic mass is 10.1. The zero-order valence-corrected chi connectivity index (χ0v) is 19.9. The average molecular weight is 472 g/mol. The van der Waals surface area contributed by atoms with Crippen LogP contribution in [0.1, 0.15) is 32.1 Å². The van der Waals surface area contributed by atoms with Crippen molar-refractivity contribution in [2.24, 2.45) is 0 Å². The van der Waals surface area contributed by atoms with Gasteiger partial charge in [0, 0.05) is 37.6 Å². The predicted octanol–water partition coefficient (Wildman–Crippen LogP) is 1.99. The van der Waals surface area contributed by atoms with E-state index in [1.54, 1.807) is 26.4 Å². The van der Waals surface area contributed by atoms with Crippen molar-refractivity contribution in [1.29, 1.82) is 0 Å². The number of anilines is 2. The van der Waals surface area contributed by atoms with Gasteiger partial charge >= 0.3 is 0 Å². The Morgan fingerprint density at radius 2 is 1.71 bits per heavy atom. The molecule has 0 radical (unpaired) electrons. The van der Waals surface area contributed by atoms with Crippen LogP contribution in [0.4, 0.5) is 11.8 Å². The van der Waals surface area contributed by atoms with Crippen LogP contribution in [-0.4, -0.2) is 86.1 Å². The van der Waals surface area contributed by atoms with Gasteiger partial charge in [-0.15, -0.1) is 0 Å². The number of carbonyl (C=O) groups is 1. The number of aromatic nitrogens is 2. The Labute approximate surface area is 199 Å². The van der Waals surface area contributed by atoms with Gasteiger partial charge in [0.2, 0.25) is 5.95 Å². The second kappa shape index (κ2) is 9.79. The van der Waals surface area contributed by atoms with Crippen LogP contribution in [-0.2, 0) is 14.3 Å². The fourth-order valence-electron chi connectivity index (χ4n) is 5.12. The fraction of sp³-hybridized carbons (Fsp3) is 0.625. The van der Waals surface area contributed by atoms with Crippen molar-refractivity contribution in [1.82, 2.24) is 14.9 Å². The van der Waals surface area contributed by atoms with Crippen LogP contribution in [0.5, 0.6) is 11.5 Å². The maximum absolute atomic E-state index is 13.1. The standard InChI is InChI=1S/C24H33N5O5/c1-31-19-12-15-16(13-20(19)32-2)26-24(27-22(15)25)29-10-8-28(9-11-29)23(30)21-14-33-17-6-4-3-5-7-18(17)34-21/h12-13,17-18,21H,3-11,14H2,1-2H3,(H2,25,26,27). The van der Waals surface area contributed by atoms with Crippen LogP contribution in [0.15, 0.2) is 12.1 Å². The largest absolute Gasteiger partial charge is 0.493 e. The number of rotatable bonds is 4. The van der Waals surface area contributed by atoms with Gasteiger partial charge in [0.25, 0.3) is 5.91 Å². The molecule has 0 bridgehead atoms. The molecule has 3 aliphatic rings. The van der Waals surface area contributed by atoms with Crippen molar-refractivity contribution in [2.45, 2.75) is 50.4 Å². The molecule has 2 aromatic rings. The summed E-state index contributed by atoms with van der Waals surface area (Å²) in [4.78, 5) is 26.3. The summed E-state index contributed by atoms with van der Waals surface area (Å²) in [5, 5.41) is 0.710. The molecule has 34 heavy (non-hydrogen) atoms. The molecule has 3 heterocycles. The van der Waals surface area contributed by atoms with Crippen molar-refractivity contribution in [3.8, 4) is 11.5 Å². The first-order valence-electron chi connectivity index (χ1n) is 12.1. The minimum absolute atomic E-state index is 0.0122. The summed E-state index contributed by atoms with van der Waals surface area (Å²) < 4.78 is 23.0. The minimum atomic E-state index is -0.513. The average Bonchev–Trinajstić information content (AvgIpc) is 3.12.